The first-order chi connectivity index (χ1) is 12.3. The Morgan fingerprint density at radius 3 is 2.52 bits per heavy atom. The Morgan fingerprint density at radius 1 is 1.00 bits per heavy atom. The number of rotatable bonds is 6. The third kappa shape index (κ3) is 4.10. The topological polar surface area (TPSA) is 54.9 Å². The van der Waals surface area contributed by atoms with Crippen molar-refractivity contribution in [1.29, 1.82) is 0 Å². The van der Waals surface area contributed by atoms with Gasteiger partial charge < -0.3 is 5.32 Å². The molecule has 2 aromatic heterocycles. The van der Waals surface area contributed by atoms with E-state index in [4.69, 9.17) is 0 Å². The summed E-state index contributed by atoms with van der Waals surface area (Å²) in [4.78, 5) is 21.4. The maximum absolute atomic E-state index is 12.4. The molecule has 1 aromatic carbocycles. The van der Waals surface area contributed by atoms with Crippen LogP contribution in [0.3, 0.4) is 0 Å². The van der Waals surface area contributed by atoms with Gasteiger partial charge in [-0.1, -0.05) is 49.7 Å². The normalized spacial score (nSPS) is 10.4. The fourth-order valence-corrected chi connectivity index (χ4v) is 2.60. The molecule has 0 bridgehead atoms. The van der Waals surface area contributed by atoms with Crippen LogP contribution in [0.5, 0.6) is 0 Å². The molecule has 1 amide bonds. The van der Waals surface area contributed by atoms with Gasteiger partial charge in [-0.25, -0.2) is 4.98 Å². The van der Waals surface area contributed by atoms with E-state index in [0.29, 0.717) is 12.2 Å². The lowest BCUT2D eigenvalue weighted by molar-refractivity contribution is 0.0948. The Morgan fingerprint density at radius 2 is 1.80 bits per heavy atom. The molecule has 0 saturated carbocycles. The molecule has 1 N–H and O–H groups in total. The smallest absolute Gasteiger partial charge is 0.269 e. The number of benzene rings is 1. The zero-order chi connectivity index (χ0) is 17.5. The number of amides is 1. The van der Waals surface area contributed by atoms with Crippen LogP contribution in [0.15, 0.2) is 66.9 Å². The number of hydrogen-bond acceptors (Lipinski definition) is 3. The Labute approximate surface area is 148 Å². The highest BCUT2D eigenvalue weighted by molar-refractivity contribution is 5.94. The standard InChI is InChI=1S/C21H21N3O/c1-2-3-14-23-21(25)19-13-12-17(16-9-5-4-6-10-16)20(24-19)18-11-7-8-15-22-18/h4-13,15H,2-3,14H2,1H3,(H,23,25). The Kier molecular flexibility index (Phi) is 5.52. The molecule has 4 heteroatoms. The van der Waals surface area contributed by atoms with Crippen molar-refractivity contribution in [3.05, 3.63) is 72.6 Å². The van der Waals surface area contributed by atoms with Crippen LogP contribution >= 0.6 is 0 Å². The van der Waals surface area contributed by atoms with Gasteiger partial charge >= 0.3 is 0 Å². The minimum Gasteiger partial charge on any atom is -0.351 e. The van der Waals surface area contributed by atoms with Crippen molar-refractivity contribution in [3.8, 4) is 22.5 Å². The molecule has 0 fully saturated rings. The van der Waals surface area contributed by atoms with Crippen LogP contribution in [0.2, 0.25) is 0 Å². The summed E-state index contributed by atoms with van der Waals surface area (Å²) in [7, 11) is 0. The van der Waals surface area contributed by atoms with Gasteiger partial charge in [0.25, 0.3) is 5.91 Å². The summed E-state index contributed by atoms with van der Waals surface area (Å²) in [6.45, 7) is 2.76. The zero-order valence-corrected chi connectivity index (χ0v) is 14.3. The fraction of sp³-hybridized carbons (Fsp3) is 0.190. The summed E-state index contributed by atoms with van der Waals surface area (Å²) in [5.41, 5.74) is 3.90. The van der Waals surface area contributed by atoms with Crippen molar-refractivity contribution in [2.24, 2.45) is 0 Å². The summed E-state index contributed by atoms with van der Waals surface area (Å²) in [6, 6.07) is 19.4. The van der Waals surface area contributed by atoms with E-state index in [9.17, 15) is 4.79 Å². The molecule has 0 spiro atoms. The van der Waals surface area contributed by atoms with E-state index in [1.165, 1.54) is 0 Å². The zero-order valence-electron chi connectivity index (χ0n) is 14.3. The molecule has 0 saturated heterocycles. The van der Waals surface area contributed by atoms with Crippen molar-refractivity contribution in [1.82, 2.24) is 15.3 Å². The van der Waals surface area contributed by atoms with Gasteiger partial charge in [-0.05, 0) is 36.2 Å². The van der Waals surface area contributed by atoms with E-state index in [2.05, 4.69) is 22.2 Å². The number of carbonyl (C=O) groups is 1. The lowest BCUT2D eigenvalue weighted by Gasteiger charge is -2.11. The monoisotopic (exact) mass is 331 g/mol. The maximum atomic E-state index is 12.4. The van der Waals surface area contributed by atoms with Gasteiger partial charge in [0.2, 0.25) is 0 Å². The SMILES string of the molecule is CCCCNC(=O)c1ccc(-c2ccccc2)c(-c2ccccn2)n1. The van der Waals surface area contributed by atoms with Crippen molar-refractivity contribution in [3.63, 3.8) is 0 Å². The number of nitrogens with zero attached hydrogens (tertiary/aromatic N) is 2. The van der Waals surface area contributed by atoms with Crippen LogP contribution in [0.4, 0.5) is 0 Å². The summed E-state index contributed by atoms with van der Waals surface area (Å²) in [5, 5.41) is 2.92. The van der Waals surface area contributed by atoms with Gasteiger partial charge in [-0.2, -0.15) is 0 Å². The minimum atomic E-state index is -0.148. The number of nitrogens with one attached hydrogen (secondary N) is 1. The van der Waals surface area contributed by atoms with E-state index < -0.39 is 0 Å². The summed E-state index contributed by atoms with van der Waals surface area (Å²) in [5.74, 6) is -0.148. The van der Waals surface area contributed by atoms with Crippen LogP contribution in [0.1, 0.15) is 30.3 Å². The number of unbranched alkanes of at least 4 members (excludes halogenated alkanes) is 1. The van der Waals surface area contributed by atoms with Gasteiger partial charge in [0.05, 0.1) is 11.4 Å². The highest BCUT2D eigenvalue weighted by atomic mass is 16.1. The third-order valence-electron chi connectivity index (χ3n) is 3.94. The molecule has 2 heterocycles. The molecule has 3 rings (SSSR count). The van der Waals surface area contributed by atoms with Crippen LogP contribution in [0.25, 0.3) is 22.5 Å². The van der Waals surface area contributed by atoms with Crippen LogP contribution in [0, 0.1) is 0 Å². The van der Waals surface area contributed by atoms with E-state index in [1.807, 2.05) is 54.6 Å². The second kappa shape index (κ2) is 8.20. The van der Waals surface area contributed by atoms with Crippen molar-refractivity contribution in [2.75, 3.05) is 6.54 Å². The molecule has 126 valence electrons. The molecule has 3 aromatic rings. The van der Waals surface area contributed by atoms with Gasteiger partial charge in [0.1, 0.15) is 5.69 Å². The van der Waals surface area contributed by atoms with Crippen molar-refractivity contribution in [2.45, 2.75) is 19.8 Å². The Hall–Kier alpha value is -3.01. The van der Waals surface area contributed by atoms with Crippen molar-refractivity contribution < 1.29 is 4.79 Å². The molecule has 0 radical (unpaired) electrons. The molecular weight excluding hydrogens is 310 g/mol. The summed E-state index contributed by atoms with van der Waals surface area (Å²) >= 11 is 0. The van der Waals surface area contributed by atoms with Crippen LogP contribution in [-0.2, 0) is 0 Å². The minimum absolute atomic E-state index is 0.148. The predicted molar refractivity (Wildman–Crippen MR) is 100 cm³/mol. The highest BCUT2D eigenvalue weighted by Gasteiger charge is 2.14. The van der Waals surface area contributed by atoms with E-state index in [0.717, 1.165) is 35.4 Å². The van der Waals surface area contributed by atoms with E-state index >= 15 is 0 Å². The Bertz CT molecular complexity index is 832. The number of aromatic nitrogens is 2. The third-order valence-corrected chi connectivity index (χ3v) is 3.94. The molecule has 0 unspecified atom stereocenters. The first-order valence-electron chi connectivity index (χ1n) is 8.55. The largest absolute Gasteiger partial charge is 0.351 e. The van der Waals surface area contributed by atoms with Gasteiger partial charge in [0, 0.05) is 18.3 Å². The molecule has 0 aliphatic rings. The fourth-order valence-electron chi connectivity index (χ4n) is 2.60. The number of hydrogen-bond donors (Lipinski definition) is 1. The number of carbonyl (C=O) groups excluding carboxylic acids is 1. The molecule has 0 aliphatic heterocycles. The second-order valence-electron chi connectivity index (χ2n) is 5.78. The number of pyridine rings is 2. The summed E-state index contributed by atoms with van der Waals surface area (Å²) in [6.07, 6.45) is 3.74. The first-order valence-corrected chi connectivity index (χ1v) is 8.55. The average molecular weight is 331 g/mol. The molecule has 0 atom stereocenters. The average Bonchev–Trinajstić information content (AvgIpc) is 2.69. The Balaban J connectivity index is 2.01. The predicted octanol–water partition coefficient (Wildman–Crippen LogP) is 4.34. The van der Waals surface area contributed by atoms with E-state index in [1.54, 1.807) is 12.3 Å². The lowest BCUT2D eigenvalue weighted by Crippen LogP contribution is -2.25. The van der Waals surface area contributed by atoms with Crippen LogP contribution in [-0.4, -0.2) is 22.4 Å². The second-order valence-corrected chi connectivity index (χ2v) is 5.78. The molecular formula is C21H21N3O. The molecule has 4 nitrogen and oxygen atoms in total. The highest BCUT2D eigenvalue weighted by Crippen LogP contribution is 2.29. The van der Waals surface area contributed by atoms with Crippen molar-refractivity contribution >= 4 is 5.91 Å². The molecule has 25 heavy (non-hydrogen) atoms. The lowest BCUT2D eigenvalue weighted by atomic mass is 10.0. The van der Waals surface area contributed by atoms with E-state index in [-0.39, 0.29) is 5.91 Å². The quantitative estimate of drug-likeness (QED) is 0.684. The van der Waals surface area contributed by atoms with Gasteiger partial charge in [-0.3, -0.25) is 9.78 Å². The molecule has 0 aliphatic carbocycles. The van der Waals surface area contributed by atoms with Gasteiger partial charge in [0.15, 0.2) is 0 Å². The summed E-state index contributed by atoms with van der Waals surface area (Å²) < 4.78 is 0. The van der Waals surface area contributed by atoms with Crippen LogP contribution < -0.4 is 5.32 Å². The maximum Gasteiger partial charge on any atom is 0.269 e. The van der Waals surface area contributed by atoms with Gasteiger partial charge in [-0.15, -0.1) is 0 Å². The first kappa shape index (κ1) is 16.8.